The fraction of sp³-hybridized carbons (Fsp3) is 0.208. The minimum absolute atomic E-state index is 0.127. The number of nitrogens with one attached hydrogen (secondary N) is 1. The lowest BCUT2D eigenvalue weighted by atomic mass is 9.95. The maximum absolute atomic E-state index is 13.6. The average Bonchev–Trinajstić information content (AvgIpc) is 3.22. The second-order valence-corrected chi connectivity index (χ2v) is 9.75. The summed E-state index contributed by atoms with van der Waals surface area (Å²) in [4.78, 5) is 7.50. The number of H-pyrrole nitrogens is 1. The number of aromatic amines is 1. The van der Waals surface area contributed by atoms with Gasteiger partial charge in [-0.2, -0.15) is 4.31 Å². The third-order valence-corrected chi connectivity index (χ3v) is 7.97. The van der Waals surface area contributed by atoms with Gasteiger partial charge in [0, 0.05) is 47.7 Å². The van der Waals surface area contributed by atoms with Crippen LogP contribution in [0, 0.1) is 0 Å². The van der Waals surface area contributed by atoms with E-state index in [9.17, 15) is 13.5 Å². The molecule has 2 aromatic heterocycles. The van der Waals surface area contributed by atoms with E-state index in [0.29, 0.717) is 12.0 Å². The molecule has 1 aliphatic heterocycles. The van der Waals surface area contributed by atoms with Gasteiger partial charge in [0.15, 0.2) is 0 Å². The van der Waals surface area contributed by atoms with Gasteiger partial charge in [-0.15, -0.1) is 0 Å². The van der Waals surface area contributed by atoms with E-state index >= 15 is 0 Å². The predicted octanol–water partition coefficient (Wildman–Crippen LogP) is 3.42. The number of aromatic nitrogens is 2. The van der Waals surface area contributed by atoms with Crippen LogP contribution in [-0.2, 0) is 23.0 Å². The van der Waals surface area contributed by atoms with Crippen molar-refractivity contribution in [1.29, 1.82) is 0 Å². The van der Waals surface area contributed by atoms with E-state index in [2.05, 4.69) is 9.97 Å². The zero-order valence-electron chi connectivity index (χ0n) is 17.5. The van der Waals surface area contributed by atoms with Crippen LogP contribution < -0.4 is 4.74 Å². The Morgan fingerprint density at radius 1 is 1.16 bits per heavy atom. The molecule has 0 bridgehead atoms. The van der Waals surface area contributed by atoms with Crippen LogP contribution in [0.5, 0.6) is 5.75 Å². The Balaban J connectivity index is 1.59. The first-order chi connectivity index (χ1) is 15.5. The Labute approximate surface area is 186 Å². The number of pyridine rings is 1. The molecule has 5 rings (SSSR count). The van der Waals surface area contributed by atoms with Gasteiger partial charge in [0.1, 0.15) is 5.75 Å². The van der Waals surface area contributed by atoms with E-state index in [1.165, 1.54) is 4.31 Å². The van der Waals surface area contributed by atoms with E-state index in [4.69, 9.17) is 4.74 Å². The number of ether oxygens (including phenoxy) is 1. The van der Waals surface area contributed by atoms with Crippen molar-refractivity contribution in [2.75, 3.05) is 7.11 Å². The fourth-order valence-electron chi connectivity index (χ4n) is 4.40. The highest BCUT2D eigenvalue weighted by Crippen LogP contribution is 2.39. The van der Waals surface area contributed by atoms with Crippen molar-refractivity contribution >= 4 is 20.9 Å². The highest BCUT2D eigenvalue weighted by atomic mass is 32.2. The number of benzene rings is 2. The van der Waals surface area contributed by atoms with Crippen LogP contribution in [0.15, 0.2) is 78.1 Å². The maximum Gasteiger partial charge on any atom is 0.244 e. The van der Waals surface area contributed by atoms with Crippen molar-refractivity contribution in [2.24, 2.45) is 0 Å². The van der Waals surface area contributed by atoms with Crippen LogP contribution in [0.4, 0.5) is 0 Å². The maximum atomic E-state index is 13.6. The van der Waals surface area contributed by atoms with Gasteiger partial charge in [0.25, 0.3) is 0 Å². The summed E-state index contributed by atoms with van der Waals surface area (Å²) in [6.07, 6.45) is 4.55. The molecule has 0 unspecified atom stereocenters. The standard InChI is InChI=1S/C24H23N3O4S/c1-31-18-8-9-19-17(14-26-21(19)12-18)11-22-24(28)20-6-2-3-7-23(20)32(29,30)27(22)15-16-5-4-10-25-13-16/h2-10,12-14,22,24,26,28H,11,15H2,1H3/t22-,24+/m0/s1. The van der Waals surface area contributed by atoms with Gasteiger partial charge in [0.05, 0.1) is 24.2 Å². The van der Waals surface area contributed by atoms with Crippen LogP contribution >= 0.6 is 0 Å². The van der Waals surface area contributed by atoms with Gasteiger partial charge < -0.3 is 14.8 Å². The molecule has 164 valence electrons. The van der Waals surface area contributed by atoms with Gasteiger partial charge in [0.2, 0.25) is 10.0 Å². The minimum atomic E-state index is -3.81. The van der Waals surface area contributed by atoms with Crippen molar-refractivity contribution < 1.29 is 18.3 Å². The predicted molar refractivity (Wildman–Crippen MR) is 121 cm³/mol. The monoisotopic (exact) mass is 449 g/mol. The lowest BCUT2D eigenvalue weighted by molar-refractivity contribution is 0.0771. The highest BCUT2D eigenvalue weighted by Gasteiger charge is 2.43. The Bertz CT molecular complexity index is 1370. The van der Waals surface area contributed by atoms with E-state index in [1.807, 2.05) is 30.5 Å². The summed E-state index contributed by atoms with van der Waals surface area (Å²) in [6, 6.07) is 15.3. The Kier molecular flexibility index (Phi) is 5.21. The first-order valence-corrected chi connectivity index (χ1v) is 11.7. The molecule has 0 fully saturated rings. The summed E-state index contributed by atoms with van der Waals surface area (Å²) in [5.74, 6) is 0.735. The molecule has 2 N–H and O–H groups in total. The van der Waals surface area contributed by atoms with Gasteiger partial charge in [-0.1, -0.05) is 24.3 Å². The zero-order valence-corrected chi connectivity index (χ0v) is 18.3. The molecule has 32 heavy (non-hydrogen) atoms. The number of methoxy groups -OCH3 is 1. The first-order valence-electron chi connectivity index (χ1n) is 10.3. The molecule has 1 aliphatic rings. The molecule has 2 atom stereocenters. The number of rotatable bonds is 5. The van der Waals surface area contributed by atoms with Crippen LogP contribution in [0.25, 0.3) is 10.9 Å². The number of sulfonamides is 1. The fourth-order valence-corrected chi connectivity index (χ4v) is 6.26. The zero-order chi connectivity index (χ0) is 22.3. The summed E-state index contributed by atoms with van der Waals surface area (Å²) in [5, 5.41) is 12.3. The van der Waals surface area contributed by atoms with Crippen LogP contribution in [0.2, 0.25) is 0 Å². The molecule has 0 spiro atoms. The van der Waals surface area contributed by atoms with E-state index in [0.717, 1.165) is 27.8 Å². The van der Waals surface area contributed by atoms with Gasteiger partial charge in [-0.05, 0) is 41.8 Å². The summed E-state index contributed by atoms with van der Waals surface area (Å²) in [7, 11) is -2.20. The van der Waals surface area contributed by atoms with Crippen molar-refractivity contribution in [2.45, 2.75) is 30.0 Å². The summed E-state index contributed by atoms with van der Waals surface area (Å²) >= 11 is 0. The van der Waals surface area contributed by atoms with Gasteiger partial charge in [-0.3, -0.25) is 4.98 Å². The third kappa shape index (κ3) is 3.46. The molecule has 0 radical (unpaired) electrons. The lowest BCUT2D eigenvalue weighted by Crippen LogP contribution is -2.48. The topological polar surface area (TPSA) is 95.5 Å². The average molecular weight is 450 g/mol. The third-order valence-electron chi connectivity index (χ3n) is 6.02. The van der Waals surface area contributed by atoms with Crippen LogP contribution in [0.1, 0.15) is 22.8 Å². The number of hydrogen-bond donors (Lipinski definition) is 2. The first kappa shape index (κ1) is 20.7. The second kappa shape index (κ2) is 8.05. The molecule has 0 amide bonds. The van der Waals surface area contributed by atoms with Crippen LogP contribution in [0.3, 0.4) is 0 Å². The van der Waals surface area contributed by atoms with E-state index < -0.39 is 22.2 Å². The van der Waals surface area contributed by atoms with Gasteiger partial charge >= 0.3 is 0 Å². The Hall–Kier alpha value is -3.20. The van der Waals surface area contributed by atoms with E-state index in [1.54, 1.807) is 49.8 Å². The molecule has 7 nitrogen and oxygen atoms in total. The molecule has 2 aromatic carbocycles. The summed E-state index contributed by atoms with van der Waals surface area (Å²) in [6.45, 7) is 0.127. The molecule has 3 heterocycles. The number of aliphatic hydroxyl groups is 1. The lowest BCUT2D eigenvalue weighted by Gasteiger charge is -2.39. The Morgan fingerprint density at radius 3 is 2.78 bits per heavy atom. The summed E-state index contributed by atoms with van der Waals surface area (Å²) < 4.78 is 33.9. The number of hydrogen-bond acceptors (Lipinski definition) is 5. The van der Waals surface area contributed by atoms with Crippen molar-refractivity contribution in [3.8, 4) is 5.75 Å². The quantitative estimate of drug-likeness (QED) is 0.487. The molecule has 4 aromatic rings. The smallest absolute Gasteiger partial charge is 0.244 e. The molecular weight excluding hydrogens is 426 g/mol. The van der Waals surface area contributed by atoms with E-state index in [-0.39, 0.29) is 11.4 Å². The largest absolute Gasteiger partial charge is 0.497 e. The van der Waals surface area contributed by atoms with Crippen molar-refractivity contribution in [3.63, 3.8) is 0 Å². The molecule has 0 saturated heterocycles. The summed E-state index contributed by atoms with van der Waals surface area (Å²) in [5.41, 5.74) is 3.02. The highest BCUT2D eigenvalue weighted by molar-refractivity contribution is 7.89. The Morgan fingerprint density at radius 2 is 2.00 bits per heavy atom. The van der Waals surface area contributed by atoms with Gasteiger partial charge in [-0.25, -0.2) is 8.42 Å². The molecule has 8 heteroatoms. The van der Waals surface area contributed by atoms with Crippen molar-refractivity contribution in [3.05, 3.63) is 89.9 Å². The number of nitrogens with zero attached hydrogens (tertiary/aromatic N) is 2. The molecular formula is C24H23N3O4S. The normalized spacial score (nSPS) is 20.2. The minimum Gasteiger partial charge on any atom is -0.497 e. The number of fused-ring (bicyclic) bond motifs is 2. The number of aliphatic hydroxyl groups excluding tert-OH is 1. The second-order valence-electron chi connectivity index (χ2n) is 7.89. The molecule has 0 saturated carbocycles. The van der Waals surface area contributed by atoms with Crippen molar-refractivity contribution in [1.82, 2.24) is 14.3 Å². The molecule has 0 aliphatic carbocycles. The van der Waals surface area contributed by atoms with Crippen LogP contribution in [-0.4, -0.2) is 40.9 Å². The SMILES string of the molecule is COc1ccc2c(C[C@H]3[C@H](O)c4ccccc4S(=O)(=O)N3Cc3cccnc3)c[nH]c2c1.